The van der Waals surface area contributed by atoms with Gasteiger partial charge in [0.15, 0.2) is 0 Å². The molecule has 0 amide bonds. The van der Waals surface area contributed by atoms with Gasteiger partial charge in [0.2, 0.25) is 11.1 Å². The minimum absolute atomic E-state index is 0.390. The Labute approximate surface area is 163 Å². The molecule has 0 spiro atoms. The number of hydrogen-bond acceptors (Lipinski definition) is 7. The second-order valence-corrected chi connectivity index (χ2v) is 7.75. The van der Waals surface area contributed by atoms with E-state index >= 15 is 0 Å². The van der Waals surface area contributed by atoms with Gasteiger partial charge in [0.25, 0.3) is 0 Å². The summed E-state index contributed by atoms with van der Waals surface area (Å²) >= 11 is 1.49. The smallest absolute Gasteiger partial charge is 0.223 e. The van der Waals surface area contributed by atoms with Crippen LogP contribution in [0.2, 0.25) is 0 Å². The second kappa shape index (κ2) is 8.00. The molecule has 0 saturated carbocycles. The van der Waals surface area contributed by atoms with Gasteiger partial charge in [0, 0.05) is 42.8 Å². The fraction of sp³-hybridized carbons (Fsp3) is 0.400. The van der Waals surface area contributed by atoms with Crippen LogP contribution in [0.1, 0.15) is 35.6 Å². The zero-order chi connectivity index (χ0) is 18.6. The molecule has 2 aromatic heterocycles. The first-order chi connectivity index (χ1) is 13.2. The summed E-state index contributed by atoms with van der Waals surface area (Å²) in [6.45, 7) is 5.93. The van der Waals surface area contributed by atoms with Crippen molar-refractivity contribution in [2.45, 2.75) is 39.2 Å². The lowest BCUT2D eigenvalue weighted by atomic mass is 10.1. The molecule has 1 aliphatic rings. The number of nitrogens with zero attached hydrogens (tertiary/aromatic N) is 5. The first-order valence-corrected chi connectivity index (χ1v) is 10.1. The van der Waals surface area contributed by atoms with Gasteiger partial charge in [-0.05, 0) is 38.3 Å². The fourth-order valence-electron chi connectivity index (χ4n) is 3.41. The van der Waals surface area contributed by atoms with Crippen LogP contribution in [0.25, 0.3) is 0 Å². The number of benzene rings is 1. The Morgan fingerprint density at radius 2 is 1.85 bits per heavy atom. The molecule has 7 heteroatoms. The van der Waals surface area contributed by atoms with E-state index in [1.54, 1.807) is 0 Å². The molecule has 4 rings (SSSR count). The summed E-state index contributed by atoms with van der Waals surface area (Å²) in [7, 11) is 0. The Kier molecular flexibility index (Phi) is 5.29. The number of aryl methyl sites for hydroxylation is 2. The van der Waals surface area contributed by atoms with Gasteiger partial charge in [0.05, 0.1) is 5.69 Å². The van der Waals surface area contributed by atoms with E-state index in [2.05, 4.69) is 54.9 Å². The zero-order valence-corrected chi connectivity index (χ0v) is 16.5. The van der Waals surface area contributed by atoms with Crippen LogP contribution < -0.4 is 10.2 Å². The second-order valence-electron chi connectivity index (χ2n) is 7.02. The van der Waals surface area contributed by atoms with Crippen LogP contribution in [-0.2, 0) is 6.42 Å². The third-order valence-electron chi connectivity index (χ3n) is 4.75. The first-order valence-electron chi connectivity index (χ1n) is 9.36. The predicted octanol–water partition coefficient (Wildman–Crippen LogP) is 3.62. The minimum Gasteiger partial charge on any atom is -0.351 e. The number of aromatic nitrogens is 4. The fourth-order valence-corrected chi connectivity index (χ4v) is 4.13. The summed E-state index contributed by atoms with van der Waals surface area (Å²) in [5, 5.41) is 4.57. The standard InChI is InChI=1S/C20H24N6S/c1-14-12-18(13-16-6-4-3-5-7-16)24-19(21-14)23-17-8-10-26(11-9-17)20-22-15(2)25-27-20/h3-7,12,17H,8-11,13H2,1-2H3,(H,21,23,24). The van der Waals surface area contributed by atoms with Crippen molar-refractivity contribution in [3.8, 4) is 0 Å². The Hall–Kier alpha value is -2.54. The summed E-state index contributed by atoms with van der Waals surface area (Å²) in [5.74, 6) is 1.60. The molecule has 0 radical (unpaired) electrons. The zero-order valence-electron chi connectivity index (χ0n) is 15.7. The molecule has 0 aliphatic carbocycles. The van der Waals surface area contributed by atoms with E-state index in [4.69, 9.17) is 4.98 Å². The normalized spacial score (nSPS) is 15.1. The van der Waals surface area contributed by atoms with Crippen molar-refractivity contribution in [1.82, 2.24) is 19.3 Å². The summed E-state index contributed by atoms with van der Waals surface area (Å²) in [5.41, 5.74) is 3.32. The lowest BCUT2D eigenvalue weighted by Crippen LogP contribution is -2.39. The number of piperidine rings is 1. The minimum atomic E-state index is 0.390. The van der Waals surface area contributed by atoms with Gasteiger partial charge in [-0.1, -0.05) is 30.3 Å². The van der Waals surface area contributed by atoms with Crippen molar-refractivity contribution >= 4 is 22.6 Å². The van der Waals surface area contributed by atoms with E-state index in [1.165, 1.54) is 17.1 Å². The maximum Gasteiger partial charge on any atom is 0.223 e. The largest absolute Gasteiger partial charge is 0.351 e. The molecule has 0 bridgehead atoms. The van der Waals surface area contributed by atoms with E-state index in [0.29, 0.717) is 6.04 Å². The molecule has 3 heterocycles. The van der Waals surface area contributed by atoms with Gasteiger partial charge in [-0.2, -0.15) is 4.37 Å². The maximum atomic E-state index is 4.75. The van der Waals surface area contributed by atoms with Crippen molar-refractivity contribution in [2.24, 2.45) is 0 Å². The third kappa shape index (κ3) is 4.60. The van der Waals surface area contributed by atoms with Gasteiger partial charge >= 0.3 is 0 Å². The summed E-state index contributed by atoms with van der Waals surface area (Å²) < 4.78 is 4.29. The highest BCUT2D eigenvalue weighted by atomic mass is 32.1. The Balaban J connectivity index is 1.38. The highest BCUT2D eigenvalue weighted by Gasteiger charge is 2.22. The highest BCUT2D eigenvalue weighted by Crippen LogP contribution is 2.23. The number of nitrogens with one attached hydrogen (secondary N) is 1. The molecule has 0 unspecified atom stereocenters. The van der Waals surface area contributed by atoms with E-state index in [1.807, 2.05) is 19.9 Å². The van der Waals surface area contributed by atoms with Crippen molar-refractivity contribution in [1.29, 1.82) is 0 Å². The van der Waals surface area contributed by atoms with Gasteiger partial charge in [0.1, 0.15) is 5.82 Å². The average molecular weight is 381 g/mol. The molecule has 1 N–H and O–H groups in total. The topological polar surface area (TPSA) is 66.8 Å². The Morgan fingerprint density at radius 3 is 2.56 bits per heavy atom. The van der Waals surface area contributed by atoms with Crippen molar-refractivity contribution in [3.63, 3.8) is 0 Å². The van der Waals surface area contributed by atoms with Crippen LogP contribution >= 0.6 is 11.5 Å². The first kappa shape index (κ1) is 17.9. The van der Waals surface area contributed by atoms with E-state index in [0.717, 1.165) is 60.6 Å². The highest BCUT2D eigenvalue weighted by molar-refractivity contribution is 7.09. The van der Waals surface area contributed by atoms with Gasteiger partial charge in [-0.15, -0.1) is 0 Å². The number of rotatable bonds is 5. The van der Waals surface area contributed by atoms with Gasteiger partial charge in [-0.25, -0.2) is 15.0 Å². The number of anilines is 2. The van der Waals surface area contributed by atoms with E-state index in [9.17, 15) is 0 Å². The quantitative estimate of drug-likeness (QED) is 0.729. The molecular formula is C20H24N6S. The van der Waals surface area contributed by atoms with Crippen molar-refractivity contribution in [3.05, 3.63) is 59.2 Å². The van der Waals surface area contributed by atoms with Crippen LogP contribution in [0.15, 0.2) is 36.4 Å². The monoisotopic (exact) mass is 380 g/mol. The summed E-state index contributed by atoms with van der Waals surface area (Å²) in [6.07, 6.45) is 2.92. The molecule has 0 atom stereocenters. The van der Waals surface area contributed by atoms with E-state index < -0.39 is 0 Å². The Morgan fingerprint density at radius 1 is 1.07 bits per heavy atom. The molecule has 27 heavy (non-hydrogen) atoms. The SMILES string of the molecule is Cc1cc(Cc2ccccc2)nc(NC2CCN(c3nc(C)ns3)CC2)n1. The predicted molar refractivity (Wildman–Crippen MR) is 110 cm³/mol. The lowest BCUT2D eigenvalue weighted by molar-refractivity contribution is 0.523. The summed E-state index contributed by atoms with van der Waals surface area (Å²) in [4.78, 5) is 16.2. The summed E-state index contributed by atoms with van der Waals surface area (Å²) in [6, 6.07) is 12.9. The third-order valence-corrected chi connectivity index (χ3v) is 5.62. The van der Waals surface area contributed by atoms with Crippen molar-refractivity contribution < 1.29 is 0 Å². The molecule has 1 fully saturated rings. The molecule has 1 aromatic carbocycles. The molecule has 1 aliphatic heterocycles. The maximum absolute atomic E-state index is 4.75. The molecule has 140 valence electrons. The van der Waals surface area contributed by atoms with Crippen molar-refractivity contribution in [2.75, 3.05) is 23.3 Å². The average Bonchev–Trinajstić information content (AvgIpc) is 3.09. The van der Waals surface area contributed by atoms with E-state index in [-0.39, 0.29) is 0 Å². The van der Waals surface area contributed by atoms with Gasteiger partial charge in [-0.3, -0.25) is 0 Å². The van der Waals surface area contributed by atoms with Crippen LogP contribution in [0.4, 0.5) is 11.1 Å². The van der Waals surface area contributed by atoms with Gasteiger partial charge < -0.3 is 10.2 Å². The van der Waals surface area contributed by atoms with Crippen LogP contribution in [-0.4, -0.2) is 38.5 Å². The van der Waals surface area contributed by atoms with Crippen LogP contribution in [0.5, 0.6) is 0 Å². The van der Waals surface area contributed by atoms with Crippen LogP contribution in [0, 0.1) is 13.8 Å². The Bertz CT molecular complexity index is 886. The number of hydrogen-bond donors (Lipinski definition) is 1. The molecule has 6 nitrogen and oxygen atoms in total. The molecule has 1 saturated heterocycles. The lowest BCUT2D eigenvalue weighted by Gasteiger charge is -2.31. The molecule has 3 aromatic rings. The van der Waals surface area contributed by atoms with Crippen LogP contribution in [0.3, 0.4) is 0 Å². The molecular weight excluding hydrogens is 356 g/mol.